The normalized spacial score (nSPS) is 12.4. The summed E-state index contributed by atoms with van der Waals surface area (Å²) in [6.45, 7) is 4.25. The van der Waals surface area contributed by atoms with Crippen LogP contribution in [0.15, 0.2) is 24.4 Å². The van der Waals surface area contributed by atoms with E-state index in [1.54, 1.807) is 7.11 Å². The highest BCUT2D eigenvalue weighted by atomic mass is 16.5. The molecule has 1 unspecified atom stereocenters. The molecular weight excluding hydrogens is 262 g/mol. The number of likely N-dealkylation sites (N-methyl/N-ethyl adjacent to an activating group) is 1. The average Bonchev–Trinajstić information content (AvgIpc) is 2.86. The van der Waals surface area contributed by atoms with Gasteiger partial charge in [0.15, 0.2) is 0 Å². The van der Waals surface area contributed by atoms with Gasteiger partial charge in [-0.15, -0.1) is 0 Å². The molecule has 4 heteroatoms. The lowest BCUT2D eigenvalue weighted by atomic mass is 9.97. The van der Waals surface area contributed by atoms with E-state index in [2.05, 4.69) is 42.6 Å². The van der Waals surface area contributed by atoms with E-state index in [-0.39, 0.29) is 6.04 Å². The van der Waals surface area contributed by atoms with E-state index in [1.807, 2.05) is 24.8 Å². The van der Waals surface area contributed by atoms with E-state index in [0.717, 1.165) is 24.3 Å². The summed E-state index contributed by atoms with van der Waals surface area (Å²) in [7, 11) is 5.70. The summed E-state index contributed by atoms with van der Waals surface area (Å²) in [6.07, 6.45) is 3.95. The first kappa shape index (κ1) is 15.6. The molecule has 0 amide bonds. The van der Waals surface area contributed by atoms with Crippen LogP contribution in [0.3, 0.4) is 0 Å². The highest BCUT2D eigenvalue weighted by molar-refractivity contribution is 5.38. The van der Waals surface area contributed by atoms with Crippen molar-refractivity contribution in [3.05, 3.63) is 46.8 Å². The van der Waals surface area contributed by atoms with Crippen molar-refractivity contribution in [2.24, 2.45) is 7.05 Å². The first-order valence-electron chi connectivity index (χ1n) is 7.42. The van der Waals surface area contributed by atoms with Crippen LogP contribution in [0.1, 0.15) is 35.3 Å². The summed E-state index contributed by atoms with van der Waals surface area (Å²) in [4.78, 5) is 0. The Kier molecular flexibility index (Phi) is 5.02. The molecular formula is C17H25N3O. The predicted octanol–water partition coefficient (Wildman–Crippen LogP) is 2.80. The third kappa shape index (κ3) is 3.45. The van der Waals surface area contributed by atoms with E-state index in [4.69, 9.17) is 4.74 Å². The monoisotopic (exact) mass is 287 g/mol. The molecule has 0 radical (unpaired) electrons. The zero-order valence-corrected chi connectivity index (χ0v) is 13.6. The van der Waals surface area contributed by atoms with E-state index < -0.39 is 0 Å². The first-order chi connectivity index (χ1) is 10.1. The Morgan fingerprint density at radius 1 is 1.38 bits per heavy atom. The van der Waals surface area contributed by atoms with E-state index in [0.29, 0.717) is 0 Å². The van der Waals surface area contributed by atoms with Gasteiger partial charge < -0.3 is 10.1 Å². The van der Waals surface area contributed by atoms with Crippen molar-refractivity contribution < 1.29 is 4.74 Å². The largest absolute Gasteiger partial charge is 0.496 e. The number of hydrogen-bond donors (Lipinski definition) is 1. The van der Waals surface area contributed by atoms with E-state index in [9.17, 15) is 0 Å². The SMILES string of the molecule is CCc1nn(C)cc1C(Cc1cc(C)ccc1OC)NC. The molecule has 1 aromatic carbocycles. The van der Waals surface area contributed by atoms with Crippen LogP contribution in [0.4, 0.5) is 0 Å². The van der Waals surface area contributed by atoms with Crippen LogP contribution in [0.2, 0.25) is 0 Å². The Bertz CT molecular complexity index is 604. The molecule has 2 rings (SSSR count). The number of benzene rings is 1. The lowest BCUT2D eigenvalue weighted by Gasteiger charge is -2.18. The fourth-order valence-corrected chi connectivity index (χ4v) is 2.77. The van der Waals surface area contributed by atoms with Gasteiger partial charge in [-0.25, -0.2) is 0 Å². The van der Waals surface area contributed by atoms with Crippen LogP contribution in [0, 0.1) is 6.92 Å². The van der Waals surface area contributed by atoms with Crippen molar-refractivity contribution >= 4 is 0 Å². The van der Waals surface area contributed by atoms with Gasteiger partial charge in [0.1, 0.15) is 5.75 Å². The fourth-order valence-electron chi connectivity index (χ4n) is 2.77. The van der Waals surface area contributed by atoms with Gasteiger partial charge >= 0.3 is 0 Å². The first-order valence-corrected chi connectivity index (χ1v) is 7.42. The van der Waals surface area contributed by atoms with Crippen molar-refractivity contribution in [1.82, 2.24) is 15.1 Å². The van der Waals surface area contributed by atoms with Crippen LogP contribution >= 0.6 is 0 Å². The van der Waals surface area contributed by atoms with Gasteiger partial charge in [-0.1, -0.05) is 24.6 Å². The number of methoxy groups -OCH3 is 1. The minimum atomic E-state index is 0.240. The Morgan fingerprint density at radius 3 is 2.76 bits per heavy atom. The quantitative estimate of drug-likeness (QED) is 0.888. The molecule has 1 heterocycles. The lowest BCUT2D eigenvalue weighted by Crippen LogP contribution is -2.20. The average molecular weight is 287 g/mol. The maximum absolute atomic E-state index is 5.49. The summed E-state index contributed by atoms with van der Waals surface area (Å²) < 4.78 is 7.39. The third-order valence-corrected chi connectivity index (χ3v) is 3.86. The standard InChI is InChI=1S/C17H25N3O/c1-6-15-14(11-20(4)19-15)16(18-3)10-13-9-12(2)7-8-17(13)21-5/h7-9,11,16,18H,6,10H2,1-5H3. The molecule has 0 fully saturated rings. The zero-order chi connectivity index (χ0) is 15.4. The maximum atomic E-state index is 5.49. The molecule has 0 bridgehead atoms. The number of aromatic nitrogens is 2. The Morgan fingerprint density at radius 2 is 2.14 bits per heavy atom. The molecule has 0 aliphatic carbocycles. The van der Waals surface area contributed by atoms with E-state index in [1.165, 1.54) is 16.7 Å². The van der Waals surface area contributed by atoms with Crippen molar-refractivity contribution in [3.63, 3.8) is 0 Å². The third-order valence-electron chi connectivity index (χ3n) is 3.86. The number of hydrogen-bond acceptors (Lipinski definition) is 3. The highest BCUT2D eigenvalue weighted by Crippen LogP contribution is 2.27. The van der Waals surface area contributed by atoms with Gasteiger partial charge in [0.25, 0.3) is 0 Å². The Balaban J connectivity index is 2.33. The minimum absolute atomic E-state index is 0.240. The van der Waals surface area contributed by atoms with Gasteiger partial charge in [-0.2, -0.15) is 5.10 Å². The van der Waals surface area contributed by atoms with Gasteiger partial charge in [0.05, 0.1) is 12.8 Å². The number of aryl methyl sites for hydroxylation is 3. The highest BCUT2D eigenvalue weighted by Gasteiger charge is 2.18. The number of ether oxygens (including phenoxy) is 1. The van der Waals surface area contributed by atoms with Crippen LogP contribution in [0.25, 0.3) is 0 Å². The molecule has 2 aromatic rings. The summed E-state index contributed by atoms with van der Waals surface area (Å²) in [5.74, 6) is 0.947. The zero-order valence-electron chi connectivity index (χ0n) is 13.6. The summed E-state index contributed by atoms with van der Waals surface area (Å²) in [5.41, 5.74) is 4.90. The second-order valence-corrected chi connectivity index (χ2v) is 5.42. The Hall–Kier alpha value is -1.81. The fraction of sp³-hybridized carbons (Fsp3) is 0.471. The topological polar surface area (TPSA) is 39.1 Å². The lowest BCUT2D eigenvalue weighted by molar-refractivity contribution is 0.406. The van der Waals surface area contributed by atoms with Crippen LogP contribution in [0.5, 0.6) is 5.75 Å². The van der Waals surface area contributed by atoms with Gasteiger partial charge in [0, 0.05) is 24.8 Å². The minimum Gasteiger partial charge on any atom is -0.496 e. The molecule has 0 saturated carbocycles. The van der Waals surface area contributed by atoms with Crippen LogP contribution in [-0.2, 0) is 19.9 Å². The van der Waals surface area contributed by atoms with Crippen molar-refractivity contribution in [2.45, 2.75) is 32.7 Å². The summed E-state index contributed by atoms with van der Waals surface area (Å²) >= 11 is 0. The van der Waals surface area contributed by atoms with Crippen LogP contribution in [-0.4, -0.2) is 23.9 Å². The number of rotatable bonds is 6. The summed E-state index contributed by atoms with van der Waals surface area (Å²) in [5, 5.41) is 7.96. The maximum Gasteiger partial charge on any atom is 0.122 e. The number of nitrogens with zero attached hydrogens (tertiary/aromatic N) is 2. The molecule has 0 spiro atoms. The molecule has 0 aliphatic heterocycles. The van der Waals surface area contributed by atoms with Gasteiger partial charge in [-0.05, 0) is 38.4 Å². The predicted molar refractivity (Wildman–Crippen MR) is 85.8 cm³/mol. The molecule has 114 valence electrons. The number of nitrogens with one attached hydrogen (secondary N) is 1. The van der Waals surface area contributed by atoms with Crippen molar-refractivity contribution in [3.8, 4) is 5.75 Å². The van der Waals surface area contributed by atoms with Crippen LogP contribution < -0.4 is 10.1 Å². The molecule has 21 heavy (non-hydrogen) atoms. The summed E-state index contributed by atoms with van der Waals surface area (Å²) in [6, 6.07) is 6.56. The van der Waals surface area contributed by atoms with Crippen molar-refractivity contribution in [1.29, 1.82) is 0 Å². The molecule has 4 nitrogen and oxygen atoms in total. The molecule has 1 aromatic heterocycles. The molecule has 1 N–H and O–H groups in total. The van der Waals surface area contributed by atoms with Gasteiger partial charge in [0.2, 0.25) is 0 Å². The smallest absolute Gasteiger partial charge is 0.122 e. The molecule has 0 aliphatic rings. The van der Waals surface area contributed by atoms with E-state index >= 15 is 0 Å². The second-order valence-electron chi connectivity index (χ2n) is 5.42. The molecule has 0 saturated heterocycles. The van der Waals surface area contributed by atoms with Gasteiger partial charge in [-0.3, -0.25) is 4.68 Å². The second kappa shape index (κ2) is 6.76. The molecule has 1 atom stereocenters. The van der Waals surface area contributed by atoms with Crippen molar-refractivity contribution in [2.75, 3.05) is 14.2 Å². The Labute approximate surface area is 127 Å².